The van der Waals surface area contributed by atoms with Crippen LogP contribution < -0.4 is 10.1 Å². The Morgan fingerprint density at radius 2 is 1.77 bits per heavy atom. The molecule has 0 bridgehead atoms. The van der Waals surface area contributed by atoms with Crippen molar-refractivity contribution in [3.8, 4) is 16.9 Å². The molecule has 0 aliphatic carbocycles. The lowest BCUT2D eigenvalue weighted by atomic mass is 9.99. The minimum Gasteiger partial charge on any atom is -0.494 e. The molecule has 1 N–H and O–H groups in total. The number of methoxy groups -OCH3 is 1. The second-order valence-electron chi connectivity index (χ2n) is 6.47. The van der Waals surface area contributed by atoms with Gasteiger partial charge in [-0.15, -0.1) is 10.2 Å². The van der Waals surface area contributed by atoms with E-state index in [9.17, 15) is 18.0 Å². The van der Waals surface area contributed by atoms with Gasteiger partial charge in [0.2, 0.25) is 5.13 Å². The molecule has 0 unspecified atom stereocenters. The summed E-state index contributed by atoms with van der Waals surface area (Å²) in [4.78, 5) is 21.3. The van der Waals surface area contributed by atoms with E-state index in [1.807, 2.05) is 6.92 Å². The molecule has 3 aromatic heterocycles. The van der Waals surface area contributed by atoms with Crippen LogP contribution in [0.2, 0.25) is 0 Å². The average Bonchev–Trinajstić information content (AvgIpc) is 3.13. The number of anilines is 1. The topological polar surface area (TPSA) is 89.9 Å². The predicted molar refractivity (Wildman–Crippen MR) is 106 cm³/mol. The van der Waals surface area contributed by atoms with Gasteiger partial charge in [0.25, 0.3) is 5.91 Å². The molecule has 3 aromatic rings. The first-order valence-electron chi connectivity index (χ1n) is 8.84. The van der Waals surface area contributed by atoms with Crippen molar-refractivity contribution in [1.82, 2.24) is 20.2 Å². The third-order valence-electron chi connectivity index (χ3n) is 4.11. The van der Waals surface area contributed by atoms with Crippen molar-refractivity contribution >= 4 is 22.4 Å². The summed E-state index contributed by atoms with van der Waals surface area (Å²) in [6.07, 6.45) is -2.56. The molecule has 1 amide bonds. The van der Waals surface area contributed by atoms with Crippen LogP contribution in [0.15, 0.2) is 24.5 Å². The van der Waals surface area contributed by atoms with Gasteiger partial charge in [-0.1, -0.05) is 11.3 Å². The predicted octanol–water partition coefficient (Wildman–Crippen LogP) is 4.37. The third-order valence-corrected chi connectivity index (χ3v) is 5.01. The molecular formula is C19H18F3N5O2S. The smallest absolute Gasteiger partial charge is 0.389 e. The molecular weight excluding hydrogens is 419 g/mol. The highest BCUT2D eigenvalue weighted by Crippen LogP contribution is 2.33. The largest absolute Gasteiger partial charge is 0.494 e. The molecule has 3 rings (SSSR count). The van der Waals surface area contributed by atoms with Gasteiger partial charge in [0.1, 0.15) is 10.8 Å². The summed E-state index contributed by atoms with van der Waals surface area (Å²) in [5.41, 5.74) is 2.96. The van der Waals surface area contributed by atoms with Crippen molar-refractivity contribution in [2.75, 3.05) is 12.4 Å². The van der Waals surface area contributed by atoms with E-state index in [0.29, 0.717) is 22.6 Å². The van der Waals surface area contributed by atoms with Crippen LogP contribution in [0.4, 0.5) is 18.3 Å². The fourth-order valence-corrected chi connectivity index (χ4v) is 3.44. The Morgan fingerprint density at radius 3 is 2.43 bits per heavy atom. The van der Waals surface area contributed by atoms with E-state index >= 15 is 0 Å². The molecule has 0 saturated heterocycles. The van der Waals surface area contributed by atoms with Gasteiger partial charge < -0.3 is 4.74 Å². The maximum absolute atomic E-state index is 12.9. The van der Waals surface area contributed by atoms with Crippen LogP contribution in [0.3, 0.4) is 0 Å². The maximum Gasteiger partial charge on any atom is 0.389 e. The number of nitrogens with zero attached hydrogens (tertiary/aromatic N) is 4. The zero-order valence-electron chi connectivity index (χ0n) is 16.4. The minimum atomic E-state index is -4.28. The van der Waals surface area contributed by atoms with E-state index in [4.69, 9.17) is 4.74 Å². The number of ether oxygens (including phenoxy) is 1. The van der Waals surface area contributed by atoms with Crippen molar-refractivity contribution in [3.05, 3.63) is 46.5 Å². The van der Waals surface area contributed by atoms with Gasteiger partial charge in [-0.05, 0) is 26.0 Å². The number of halogens is 3. The van der Waals surface area contributed by atoms with Crippen molar-refractivity contribution in [2.45, 2.75) is 32.9 Å². The first-order valence-corrected chi connectivity index (χ1v) is 9.66. The van der Waals surface area contributed by atoms with Gasteiger partial charge in [-0.25, -0.2) is 0 Å². The lowest BCUT2D eigenvalue weighted by molar-refractivity contribution is -0.134. The summed E-state index contributed by atoms with van der Waals surface area (Å²) >= 11 is 0.902. The van der Waals surface area contributed by atoms with Gasteiger partial charge >= 0.3 is 6.18 Å². The third kappa shape index (κ3) is 5.29. The van der Waals surface area contributed by atoms with Crippen LogP contribution in [-0.4, -0.2) is 39.4 Å². The van der Waals surface area contributed by atoms with Crippen LogP contribution in [-0.2, 0) is 6.42 Å². The summed E-state index contributed by atoms with van der Waals surface area (Å²) in [5.74, 6) is -0.0156. The van der Waals surface area contributed by atoms with Crippen LogP contribution in [0.25, 0.3) is 11.1 Å². The van der Waals surface area contributed by atoms with E-state index in [1.165, 1.54) is 13.3 Å². The van der Waals surface area contributed by atoms with E-state index < -0.39 is 18.5 Å². The molecule has 0 spiro atoms. The molecule has 0 radical (unpaired) electrons. The molecule has 30 heavy (non-hydrogen) atoms. The van der Waals surface area contributed by atoms with E-state index in [2.05, 4.69) is 25.5 Å². The highest BCUT2D eigenvalue weighted by Gasteiger charge is 2.27. The number of carbonyl (C=O) groups excluding carboxylic acids is 1. The monoisotopic (exact) mass is 437 g/mol. The van der Waals surface area contributed by atoms with Crippen molar-refractivity contribution in [2.24, 2.45) is 0 Å². The van der Waals surface area contributed by atoms with Crippen LogP contribution >= 0.6 is 11.3 Å². The van der Waals surface area contributed by atoms with E-state index in [1.54, 1.807) is 25.3 Å². The van der Waals surface area contributed by atoms with Crippen molar-refractivity contribution in [3.63, 3.8) is 0 Å². The molecule has 0 aliphatic rings. The summed E-state index contributed by atoms with van der Waals surface area (Å²) in [6.45, 7) is 3.61. The average molecular weight is 437 g/mol. The number of aromatic nitrogens is 4. The number of amides is 1. The van der Waals surface area contributed by atoms with Crippen LogP contribution in [0, 0.1) is 13.8 Å². The number of hydrogen-bond acceptors (Lipinski definition) is 7. The molecule has 0 atom stereocenters. The normalized spacial score (nSPS) is 11.4. The number of pyridine rings is 2. The van der Waals surface area contributed by atoms with E-state index in [0.717, 1.165) is 17.0 Å². The molecule has 158 valence electrons. The summed E-state index contributed by atoms with van der Waals surface area (Å²) in [5, 5.41) is 10.4. The number of alkyl halides is 3. The number of aryl methyl sites for hydroxylation is 3. The first-order chi connectivity index (χ1) is 14.2. The first kappa shape index (κ1) is 21.6. The molecule has 0 aliphatic heterocycles. The van der Waals surface area contributed by atoms with Gasteiger partial charge in [-0.3, -0.25) is 20.1 Å². The van der Waals surface area contributed by atoms with Crippen molar-refractivity contribution in [1.29, 1.82) is 0 Å². The SMILES string of the molecule is COc1cnc(C)cc1-c1cc(C)ncc1C(=O)Nc1nnc(CCC(F)(F)F)s1. The maximum atomic E-state index is 12.9. The number of carbonyl (C=O) groups is 1. The molecule has 0 aromatic carbocycles. The quantitative estimate of drug-likeness (QED) is 0.616. The van der Waals surface area contributed by atoms with Gasteiger partial charge in [0, 0.05) is 41.6 Å². The second-order valence-corrected chi connectivity index (χ2v) is 7.53. The fraction of sp³-hybridized carbons (Fsp3) is 0.316. The van der Waals surface area contributed by atoms with Crippen LogP contribution in [0.5, 0.6) is 5.75 Å². The summed E-state index contributed by atoms with van der Waals surface area (Å²) in [6, 6.07) is 3.55. The standard InChI is InChI=1S/C19H18F3N5O2S/c1-10-6-12(13-7-11(2)24-9-15(13)29-3)14(8-23-10)17(28)25-18-27-26-16(30-18)4-5-19(20,21)22/h6-9H,4-5H2,1-3H3,(H,25,27,28). The van der Waals surface area contributed by atoms with Crippen LogP contribution in [0.1, 0.15) is 33.2 Å². The van der Waals surface area contributed by atoms with E-state index in [-0.39, 0.29) is 22.1 Å². The Hall–Kier alpha value is -3.08. The summed E-state index contributed by atoms with van der Waals surface area (Å²) in [7, 11) is 1.51. The molecule has 7 nitrogen and oxygen atoms in total. The number of hydrogen-bond donors (Lipinski definition) is 1. The second kappa shape index (κ2) is 8.74. The zero-order chi connectivity index (χ0) is 21.9. The highest BCUT2D eigenvalue weighted by atomic mass is 32.1. The molecule has 11 heteroatoms. The summed E-state index contributed by atoms with van der Waals surface area (Å²) < 4.78 is 42.5. The zero-order valence-corrected chi connectivity index (χ0v) is 17.2. The molecule has 0 fully saturated rings. The Bertz CT molecular complexity index is 1070. The lowest BCUT2D eigenvalue weighted by Gasteiger charge is -2.13. The van der Waals surface area contributed by atoms with Crippen molar-refractivity contribution < 1.29 is 22.7 Å². The van der Waals surface area contributed by atoms with Gasteiger partial charge in [-0.2, -0.15) is 13.2 Å². The number of rotatable bonds is 6. The Labute approximate surface area is 174 Å². The Morgan fingerprint density at radius 1 is 1.10 bits per heavy atom. The Kier molecular flexibility index (Phi) is 6.30. The van der Waals surface area contributed by atoms with Gasteiger partial charge in [0.05, 0.1) is 18.9 Å². The Balaban J connectivity index is 1.88. The molecule has 0 saturated carbocycles. The highest BCUT2D eigenvalue weighted by molar-refractivity contribution is 7.15. The fourth-order valence-electron chi connectivity index (χ4n) is 2.70. The molecule has 3 heterocycles. The minimum absolute atomic E-state index is 0.113. The van der Waals surface area contributed by atoms with Gasteiger partial charge in [0.15, 0.2) is 0 Å². The number of nitrogens with one attached hydrogen (secondary N) is 1. The lowest BCUT2D eigenvalue weighted by Crippen LogP contribution is -2.14.